The van der Waals surface area contributed by atoms with E-state index in [4.69, 9.17) is 16.3 Å². The van der Waals surface area contributed by atoms with Crippen molar-refractivity contribution in [3.8, 4) is 5.75 Å². The number of halogens is 1. The lowest BCUT2D eigenvalue weighted by atomic mass is 9.98. The second-order valence-electron chi connectivity index (χ2n) is 6.64. The SMILES string of the molecule is COc1cccc(/C=N\NC(=O)C2CCN(S(=O)(=O)c3ccc(Cl)cc3)CC2)c1. The number of nitrogens with zero attached hydrogens (tertiary/aromatic N) is 2. The van der Waals surface area contributed by atoms with E-state index < -0.39 is 10.0 Å². The Bertz CT molecular complexity index is 985. The molecule has 154 valence electrons. The minimum absolute atomic E-state index is 0.202. The summed E-state index contributed by atoms with van der Waals surface area (Å²) in [6.45, 7) is 0.561. The molecular weight excluding hydrogens is 414 g/mol. The van der Waals surface area contributed by atoms with Gasteiger partial charge < -0.3 is 4.74 Å². The summed E-state index contributed by atoms with van der Waals surface area (Å²) in [7, 11) is -2.01. The number of hydrogen-bond donors (Lipinski definition) is 1. The number of piperidine rings is 1. The highest BCUT2D eigenvalue weighted by Crippen LogP contribution is 2.24. The van der Waals surface area contributed by atoms with Crippen LogP contribution in [-0.2, 0) is 14.8 Å². The van der Waals surface area contributed by atoms with Gasteiger partial charge in [0.25, 0.3) is 0 Å². The number of hydrogen-bond acceptors (Lipinski definition) is 5. The van der Waals surface area contributed by atoms with Crippen molar-refractivity contribution < 1.29 is 17.9 Å². The molecule has 0 saturated carbocycles. The van der Waals surface area contributed by atoms with Crippen molar-refractivity contribution in [3.63, 3.8) is 0 Å². The smallest absolute Gasteiger partial charge is 0.243 e. The van der Waals surface area contributed by atoms with Crippen LogP contribution in [0.2, 0.25) is 5.02 Å². The number of benzene rings is 2. The first-order chi connectivity index (χ1) is 13.9. The quantitative estimate of drug-likeness (QED) is 0.558. The van der Waals surface area contributed by atoms with Gasteiger partial charge in [-0.1, -0.05) is 23.7 Å². The van der Waals surface area contributed by atoms with Crippen LogP contribution >= 0.6 is 11.6 Å². The molecule has 0 radical (unpaired) electrons. The maximum atomic E-state index is 12.7. The largest absolute Gasteiger partial charge is 0.497 e. The van der Waals surface area contributed by atoms with Crippen molar-refractivity contribution in [3.05, 3.63) is 59.1 Å². The van der Waals surface area contributed by atoms with E-state index in [-0.39, 0.29) is 29.8 Å². The Morgan fingerprint density at radius 2 is 1.90 bits per heavy atom. The van der Waals surface area contributed by atoms with E-state index in [1.54, 1.807) is 31.5 Å². The minimum Gasteiger partial charge on any atom is -0.497 e. The molecule has 1 aliphatic rings. The van der Waals surface area contributed by atoms with Crippen molar-refractivity contribution >= 4 is 33.7 Å². The van der Waals surface area contributed by atoms with Gasteiger partial charge in [0.05, 0.1) is 18.2 Å². The molecule has 1 heterocycles. The van der Waals surface area contributed by atoms with E-state index >= 15 is 0 Å². The van der Waals surface area contributed by atoms with Crippen molar-refractivity contribution in [1.29, 1.82) is 0 Å². The number of nitrogens with one attached hydrogen (secondary N) is 1. The van der Waals surface area contributed by atoms with Gasteiger partial charge in [0.15, 0.2) is 0 Å². The zero-order valence-electron chi connectivity index (χ0n) is 15.9. The van der Waals surface area contributed by atoms with Crippen molar-refractivity contribution in [2.45, 2.75) is 17.7 Å². The molecule has 0 unspecified atom stereocenters. The van der Waals surface area contributed by atoms with Crippen molar-refractivity contribution in [1.82, 2.24) is 9.73 Å². The standard InChI is InChI=1S/C20H22ClN3O4S/c1-28-18-4-2-3-15(13-18)14-22-23-20(25)16-9-11-24(12-10-16)29(26,27)19-7-5-17(21)6-8-19/h2-8,13-14,16H,9-12H2,1H3,(H,23,25)/b22-14-. The normalized spacial score (nSPS) is 16.1. The maximum Gasteiger partial charge on any atom is 0.243 e. The fraction of sp³-hybridized carbons (Fsp3) is 0.300. The molecule has 7 nitrogen and oxygen atoms in total. The molecule has 0 aromatic heterocycles. The van der Waals surface area contributed by atoms with Crippen LogP contribution in [0.4, 0.5) is 0 Å². The Labute approximate surface area is 175 Å². The molecule has 0 bridgehead atoms. The van der Waals surface area contributed by atoms with E-state index in [2.05, 4.69) is 10.5 Å². The molecule has 9 heteroatoms. The fourth-order valence-corrected chi connectivity index (χ4v) is 4.69. The Hall–Kier alpha value is -2.42. The molecule has 1 saturated heterocycles. The highest BCUT2D eigenvalue weighted by molar-refractivity contribution is 7.89. The predicted molar refractivity (Wildman–Crippen MR) is 112 cm³/mol. The number of rotatable bonds is 6. The molecule has 3 rings (SSSR count). The summed E-state index contributed by atoms with van der Waals surface area (Å²) in [4.78, 5) is 12.5. The summed E-state index contributed by atoms with van der Waals surface area (Å²) < 4.78 is 32.0. The zero-order valence-corrected chi connectivity index (χ0v) is 17.5. The van der Waals surface area contributed by atoms with Crippen molar-refractivity contribution in [2.75, 3.05) is 20.2 Å². The number of hydrazone groups is 1. The van der Waals surface area contributed by atoms with Gasteiger partial charge in [0, 0.05) is 24.0 Å². The molecule has 0 spiro atoms. The van der Waals surface area contributed by atoms with Crippen LogP contribution in [0, 0.1) is 5.92 Å². The molecule has 29 heavy (non-hydrogen) atoms. The predicted octanol–water partition coefficient (Wildman–Crippen LogP) is 2.90. The highest BCUT2D eigenvalue weighted by Gasteiger charge is 2.32. The zero-order chi connectivity index (χ0) is 20.9. The number of carbonyl (C=O) groups is 1. The van der Waals surface area contributed by atoms with E-state index in [9.17, 15) is 13.2 Å². The second kappa shape index (κ2) is 9.39. The monoisotopic (exact) mass is 435 g/mol. The molecule has 0 atom stereocenters. The van der Waals surface area contributed by atoms with Crippen LogP contribution in [-0.4, -0.2) is 45.0 Å². The number of carbonyl (C=O) groups excluding carboxylic acids is 1. The van der Waals surface area contributed by atoms with Gasteiger partial charge in [-0.25, -0.2) is 13.8 Å². The van der Waals surface area contributed by atoms with E-state index in [0.717, 1.165) is 5.56 Å². The summed E-state index contributed by atoms with van der Waals surface area (Å²) in [5.74, 6) is 0.205. The molecular formula is C20H22ClN3O4S. The lowest BCUT2D eigenvalue weighted by molar-refractivity contribution is -0.126. The molecule has 2 aromatic carbocycles. The first kappa shape index (κ1) is 21.3. The number of amides is 1. The molecule has 1 fully saturated rings. The third-order valence-electron chi connectivity index (χ3n) is 4.76. The second-order valence-corrected chi connectivity index (χ2v) is 9.02. The van der Waals surface area contributed by atoms with Crippen LogP contribution < -0.4 is 10.2 Å². The van der Waals surface area contributed by atoms with Crippen molar-refractivity contribution in [2.24, 2.45) is 11.0 Å². The summed E-state index contributed by atoms with van der Waals surface area (Å²) in [6, 6.07) is 13.4. The van der Waals surface area contributed by atoms with Crippen LogP contribution in [0.3, 0.4) is 0 Å². The number of methoxy groups -OCH3 is 1. The first-order valence-electron chi connectivity index (χ1n) is 9.13. The molecule has 2 aromatic rings. The van der Waals surface area contributed by atoms with Gasteiger partial charge in [0.1, 0.15) is 5.75 Å². The average Bonchev–Trinajstić information content (AvgIpc) is 2.74. The lowest BCUT2D eigenvalue weighted by Crippen LogP contribution is -2.42. The summed E-state index contributed by atoms with van der Waals surface area (Å²) in [5.41, 5.74) is 3.34. The van der Waals surface area contributed by atoms with Crippen LogP contribution in [0.25, 0.3) is 0 Å². The molecule has 1 aliphatic heterocycles. The maximum absolute atomic E-state index is 12.7. The molecule has 0 aliphatic carbocycles. The van der Waals surface area contributed by atoms with Gasteiger partial charge >= 0.3 is 0 Å². The molecule has 1 N–H and O–H groups in total. The third-order valence-corrected chi connectivity index (χ3v) is 6.92. The first-order valence-corrected chi connectivity index (χ1v) is 10.9. The minimum atomic E-state index is -3.59. The van der Waals surface area contributed by atoms with Gasteiger partial charge in [-0.2, -0.15) is 9.41 Å². The Balaban J connectivity index is 1.54. The Kier molecular flexibility index (Phi) is 6.89. The van der Waals surface area contributed by atoms with Crippen LogP contribution in [0.15, 0.2) is 58.5 Å². The van der Waals surface area contributed by atoms with Gasteiger partial charge in [0.2, 0.25) is 15.9 Å². The van der Waals surface area contributed by atoms with Crippen LogP contribution in [0.1, 0.15) is 18.4 Å². The summed E-state index contributed by atoms with van der Waals surface area (Å²) in [5, 5.41) is 4.47. The number of sulfonamides is 1. The number of ether oxygens (including phenoxy) is 1. The fourth-order valence-electron chi connectivity index (χ4n) is 3.10. The van der Waals surface area contributed by atoms with Gasteiger partial charge in [-0.15, -0.1) is 0 Å². The van der Waals surface area contributed by atoms with E-state index in [1.165, 1.54) is 16.4 Å². The summed E-state index contributed by atoms with van der Waals surface area (Å²) >= 11 is 5.83. The molecule has 1 amide bonds. The topological polar surface area (TPSA) is 88.1 Å². The van der Waals surface area contributed by atoms with E-state index in [1.807, 2.05) is 18.2 Å². The lowest BCUT2D eigenvalue weighted by Gasteiger charge is -2.30. The summed E-state index contributed by atoms with van der Waals surface area (Å²) in [6.07, 6.45) is 2.42. The Morgan fingerprint density at radius 1 is 1.21 bits per heavy atom. The third kappa shape index (κ3) is 5.35. The average molecular weight is 436 g/mol. The van der Waals surface area contributed by atoms with Gasteiger partial charge in [-0.3, -0.25) is 4.79 Å². The highest BCUT2D eigenvalue weighted by atomic mass is 35.5. The Morgan fingerprint density at radius 3 is 2.55 bits per heavy atom. The van der Waals surface area contributed by atoms with Gasteiger partial charge in [-0.05, 0) is 54.8 Å². The van der Waals surface area contributed by atoms with Crippen LogP contribution in [0.5, 0.6) is 5.75 Å². The van der Waals surface area contributed by atoms with E-state index in [0.29, 0.717) is 23.6 Å².